The van der Waals surface area contributed by atoms with E-state index in [-0.39, 0.29) is 0 Å². The van der Waals surface area contributed by atoms with Gasteiger partial charge in [-0.25, -0.2) is 0 Å². The fraction of sp³-hybridized carbons (Fsp3) is 1.00. The Hall–Kier alpha value is -0.0800. The van der Waals surface area contributed by atoms with Gasteiger partial charge in [0.05, 0.1) is 0 Å². The second-order valence-electron chi connectivity index (χ2n) is 7.81. The van der Waals surface area contributed by atoms with Crippen molar-refractivity contribution < 1.29 is 4.74 Å². The molecule has 0 amide bonds. The minimum absolute atomic E-state index is 0.775. The van der Waals surface area contributed by atoms with Crippen molar-refractivity contribution in [3.05, 3.63) is 0 Å². The first-order valence-electron chi connectivity index (χ1n) is 9.69. The van der Waals surface area contributed by atoms with Crippen LogP contribution in [0.2, 0.25) is 0 Å². The summed E-state index contributed by atoms with van der Waals surface area (Å²) in [4.78, 5) is 0. The van der Waals surface area contributed by atoms with Crippen molar-refractivity contribution >= 4 is 0 Å². The SMILES string of the molecule is CCCNC(C1CCOCC1)C1CCC2CCCCC2C1. The van der Waals surface area contributed by atoms with Gasteiger partial charge in [-0.1, -0.05) is 32.6 Å². The summed E-state index contributed by atoms with van der Waals surface area (Å²) >= 11 is 0. The van der Waals surface area contributed by atoms with E-state index < -0.39 is 0 Å². The molecule has 122 valence electrons. The van der Waals surface area contributed by atoms with Gasteiger partial charge in [0.2, 0.25) is 0 Å². The van der Waals surface area contributed by atoms with Crippen LogP contribution in [0.15, 0.2) is 0 Å². The lowest BCUT2D eigenvalue weighted by molar-refractivity contribution is 0.0280. The third-order valence-electron chi connectivity index (χ3n) is 6.49. The molecule has 3 fully saturated rings. The fourth-order valence-corrected chi connectivity index (χ4v) is 5.34. The Kier molecular flexibility index (Phi) is 5.99. The topological polar surface area (TPSA) is 21.3 Å². The van der Waals surface area contributed by atoms with Crippen LogP contribution in [0, 0.1) is 23.7 Å². The summed E-state index contributed by atoms with van der Waals surface area (Å²) in [5.74, 6) is 3.95. The lowest BCUT2D eigenvalue weighted by Crippen LogP contribution is -2.47. The molecule has 2 nitrogen and oxygen atoms in total. The molecule has 0 bridgehead atoms. The lowest BCUT2D eigenvalue weighted by atomic mass is 9.64. The third kappa shape index (κ3) is 4.01. The van der Waals surface area contributed by atoms with Crippen molar-refractivity contribution in [2.75, 3.05) is 19.8 Å². The summed E-state index contributed by atoms with van der Waals surface area (Å²) in [7, 11) is 0. The van der Waals surface area contributed by atoms with E-state index >= 15 is 0 Å². The smallest absolute Gasteiger partial charge is 0.0469 e. The predicted octanol–water partition coefficient (Wildman–Crippen LogP) is 4.39. The summed E-state index contributed by atoms with van der Waals surface area (Å²) in [6.45, 7) is 5.49. The fourth-order valence-electron chi connectivity index (χ4n) is 5.34. The van der Waals surface area contributed by atoms with Gasteiger partial charge in [-0.2, -0.15) is 0 Å². The Labute approximate surface area is 131 Å². The van der Waals surface area contributed by atoms with E-state index in [0.29, 0.717) is 0 Å². The molecule has 1 saturated heterocycles. The summed E-state index contributed by atoms with van der Waals surface area (Å²) in [5, 5.41) is 3.95. The van der Waals surface area contributed by atoms with Gasteiger partial charge in [-0.15, -0.1) is 0 Å². The summed E-state index contributed by atoms with van der Waals surface area (Å²) in [6.07, 6.45) is 14.4. The third-order valence-corrected chi connectivity index (χ3v) is 6.49. The van der Waals surface area contributed by atoms with Crippen molar-refractivity contribution in [2.24, 2.45) is 23.7 Å². The van der Waals surface area contributed by atoms with Crippen molar-refractivity contribution in [1.29, 1.82) is 0 Å². The highest BCUT2D eigenvalue weighted by Crippen LogP contribution is 2.45. The first kappa shape index (κ1) is 15.8. The normalized spacial score (nSPS) is 36.1. The van der Waals surface area contributed by atoms with Crippen LogP contribution in [0.5, 0.6) is 0 Å². The summed E-state index contributed by atoms with van der Waals surface area (Å²) < 4.78 is 5.60. The van der Waals surface area contributed by atoms with Gasteiger partial charge in [0.25, 0.3) is 0 Å². The molecule has 1 N–H and O–H groups in total. The molecule has 1 heterocycles. The lowest BCUT2D eigenvalue weighted by Gasteiger charge is -2.45. The molecule has 21 heavy (non-hydrogen) atoms. The van der Waals surface area contributed by atoms with Crippen LogP contribution >= 0.6 is 0 Å². The summed E-state index contributed by atoms with van der Waals surface area (Å²) in [5.41, 5.74) is 0. The molecule has 0 aromatic heterocycles. The molecular formula is C19H35NO. The second-order valence-corrected chi connectivity index (χ2v) is 7.81. The highest BCUT2D eigenvalue weighted by Gasteiger charge is 2.38. The summed E-state index contributed by atoms with van der Waals surface area (Å²) in [6, 6.07) is 0.775. The zero-order valence-corrected chi connectivity index (χ0v) is 14.0. The van der Waals surface area contributed by atoms with Gasteiger partial charge in [0.15, 0.2) is 0 Å². The van der Waals surface area contributed by atoms with Crippen LogP contribution in [0.1, 0.15) is 71.1 Å². The van der Waals surface area contributed by atoms with Crippen molar-refractivity contribution in [3.8, 4) is 0 Å². The maximum absolute atomic E-state index is 5.60. The molecule has 0 aromatic carbocycles. The molecule has 4 atom stereocenters. The Bertz CT molecular complexity index is 300. The van der Waals surface area contributed by atoms with Gasteiger partial charge < -0.3 is 10.1 Å². The molecule has 1 aliphatic heterocycles. The maximum Gasteiger partial charge on any atom is 0.0469 e. The van der Waals surface area contributed by atoms with E-state index in [2.05, 4.69) is 12.2 Å². The highest BCUT2D eigenvalue weighted by atomic mass is 16.5. The van der Waals surface area contributed by atoms with E-state index in [0.717, 1.165) is 42.9 Å². The molecule has 2 aliphatic carbocycles. The minimum Gasteiger partial charge on any atom is -0.381 e. The number of ether oxygens (including phenoxy) is 1. The maximum atomic E-state index is 5.60. The quantitative estimate of drug-likeness (QED) is 0.812. The predicted molar refractivity (Wildman–Crippen MR) is 88.4 cm³/mol. The molecular weight excluding hydrogens is 258 g/mol. The number of fused-ring (bicyclic) bond motifs is 1. The average molecular weight is 293 g/mol. The Morgan fingerprint density at radius 2 is 1.67 bits per heavy atom. The van der Waals surface area contributed by atoms with E-state index in [1.165, 1.54) is 70.8 Å². The van der Waals surface area contributed by atoms with Gasteiger partial charge in [0.1, 0.15) is 0 Å². The van der Waals surface area contributed by atoms with Gasteiger partial charge in [-0.3, -0.25) is 0 Å². The van der Waals surface area contributed by atoms with E-state index in [4.69, 9.17) is 4.74 Å². The van der Waals surface area contributed by atoms with Crippen LogP contribution in [-0.4, -0.2) is 25.8 Å². The molecule has 2 heteroatoms. The van der Waals surface area contributed by atoms with Crippen LogP contribution in [0.25, 0.3) is 0 Å². The second kappa shape index (κ2) is 7.97. The number of hydrogen-bond acceptors (Lipinski definition) is 2. The van der Waals surface area contributed by atoms with Crippen molar-refractivity contribution in [2.45, 2.75) is 77.2 Å². The van der Waals surface area contributed by atoms with Crippen LogP contribution < -0.4 is 5.32 Å². The average Bonchev–Trinajstić information content (AvgIpc) is 2.56. The van der Waals surface area contributed by atoms with Gasteiger partial charge >= 0.3 is 0 Å². The van der Waals surface area contributed by atoms with E-state index in [9.17, 15) is 0 Å². The first-order chi connectivity index (χ1) is 10.4. The standard InChI is InChI=1S/C19H35NO/c1-2-11-20-19(16-9-12-21-13-10-16)18-8-7-15-5-3-4-6-17(15)14-18/h15-20H,2-14H2,1H3. The molecule has 0 radical (unpaired) electrons. The molecule has 3 aliphatic rings. The zero-order chi connectivity index (χ0) is 14.5. The molecule has 0 aromatic rings. The molecule has 3 rings (SSSR count). The minimum atomic E-state index is 0.775. The van der Waals surface area contributed by atoms with Gasteiger partial charge in [0, 0.05) is 19.3 Å². The molecule has 0 spiro atoms. The van der Waals surface area contributed by atoms with Crippen LogP contribution in [-0.2, 0) is 4.74 Å². The van der Waals surface area contributed by atoms with Crippen LogP contribution in [0.4, 0.5) is 0 Å². The van der Waals surface area contributed by atoms with Crippen LogP contribution in [0.3, 0.4) is 0 Å². The van der Waals surface area contributed by atoms with Crippen molar-refractivity contribution in [3.63, 3.8) is 0 Å². The van der Waals surface area contributed by atoms with E-state index in [1.807, 2.05) is 0 Å². The Morgan fingerprint density at radius 3 is 2.43 bits per heavy atom. The molecule has 4 unspecified atom stereocenters. The number of nitrogens with one attached hydrogen (secondary N) is 1. The van der Waals surface area contributed by atoms with Crippen molar-refractivity contribution in [1.82, 2.24) is 5.32 Å². The number of hydrogen-bond donors (Lipinski definition) is 1. The monoisotopic (exact) mass is 293 g/mol. The Morgan fingerprint density at radius 1 is 0.905 bits per heavy atom. The molecule has 2 saturated carbocycles. The highest BCUT2D eigenvalue weighted by molar-refractivity contribution is 4.91. The zero-order valence-electron chi connectivity index (χ0n) is 14.0. The Balaban J connectivity index is 1.61. The van der Waals surface area contributed by atoms with E-state index in [1.54, 1.807) is 0 Å². The first-order valence-corrected chi connectivity index (χ1v) is 9.69. The van der Waals surface area contributed by atoms with Gasteiger partial charge in [-0.05, 0) is 68.7 Å². The largest absolute Gasteiger partial charge is 0.381 e. The number of rotatable bonds is 5.